The molecule has 0 saturated carbocycles. The lowest BCUT2D eigenvalue weighted by molar-refractivity contribution is -0.159. The van der Waals surface area contributed by atoms with Crippen molar-refractivity contribution in [1.82, 2.24) is 20.4 Å². The first kappa shape index (κ1) is 26.4. The molecular weight excluding hydrogens is 500 g/mol. The zero-order valence-electron chi connectivity index (χ0n) is 20.5. The molecule has 200 valence electrons. The van der Waals surface area contributed by atoms with Crippen LogP contribution in [-0.2, 0) is 27.3 Å². The van der Waals surface area contributed by atoms with E-state index in [1.165, 1.54) is 0 Å². The Labute approximate surface area is 216 Å². The topological polar surface area (TPSA) is 174 Å². The van der Waals surface area contributed by atoms with Gasteiger partial charge < -0.3 is 34.3 Å². The van der Waals surface area contributed by atoms with Crippen molar-refractivity contribution >= 4 is 17.8 Å². The van der Waals surface area contributed by atoms with E-state index in [9.17, 15) is 4.79 Å². The molecule has 2 aromatic carbocycles. The van der Waals surface area contributed by atoms with Crippen LogP contribution in [-0.4, -0.2) is 76.6 Å². The van der Waals surface area contributed by atoms with Crippen molar-refractivity contribution in [3.05, 3.63) is 65.3 Å². The largest absolute Gasteiger partial charge is 0.496 e. The Morgan fingerprint density at radius 2 is 1.82 bits per heavy atom. The van der Waals surface area contributed by atoms with Gasteiger partial charge in [0.25, 0.3) is 0 Å². The molecule has 38 heavy (non-hydrogen) atoms. The van der Waals surface area contributed by atoms with E-state index >= 15 is 0 Å². The number of carboxylic acids is 2. The van der Waals surface area contributed by atoms with E-state index in [1.54, 1.807) is 7.11 Å². The summed E-state index contributed by atoms with van der Waals surface area (Å²) in [4.78, 5) is 37.1. The highest BCUT2D eigenvalue weighted by Gasteiger charge is 2.33. The summed E-state index contributed by atoms with van der Waals surface area (Å²) in [7, 11) is 1.65. The number of hydrogen-bond donors (Lipinski definition) is 3. The fourth-order valence-electron chi connectivity index (χ4n) is 3.89. The molecule has 0 radical (unpaired) electrons. The van der Waals surface area contributed by atoms with E-state index in [1.807, 2.05) is 42.5 Å². The molecule has 2 aliphatic rings. The number of carboxylic acid groups (broad SMARTS) is 2. The highest BCUT2D eigenvalue weighted by Crippen LogP contribution is 2.32. The maximum atomic E-state index is 12.3. The summed E-state index contributed by atoms with van der Waals surface area (Å²) in [6.07, 6.45) is 0.548. The Morgan fingerprint density at radius 1 is 1.08 bits per heavy atom. The van der Waals surface area contributed by atoms with Crippen molar-refractivity contribution in [1.29, 1.82) is 0 Å². The fourth-order valence-corrected chi connectivity index (χ4v) is 3.89. The first-order valence-electron chi connectivity index (χ1n) is 11.6. The van der Waals surface area contributed by atoms with Crippen LogP contribution in [0, 0.1) is 0 Å². The third-order valence-corrected chi connectivity index (χ3v) is 5.81. The van der Waals surface area contributed by atoms with Crippen LogP contribution in [0.2, 0.25) is 0 Å². The second kappa shape index (κ2) is 12.1. The number of rotatable bonds is 8. The van der Waals surface area contributed by atoms with Crippen molar-refractivity contribution in [2.24, 2.45) is 0 Å². The van der Waals surface area contributed by atoms with Crippen LogP contribution in [0.15, 0.2) is 47.0 Å². The maximum absolute atomic E-state index is 12.3. The molecule has 0 spiro atoms. The smallest absolute Gasteiger partial charge is 0.414 e. The second-order valence-corrected chi connectivity index (χ2v) is 8.50. The van der Waals surface area contributed by atoms with Crippen LogP contribution in [0.3, 0.4) is 0 Å². The summed E-state index contributed by atoms with van der Waals surface area (Å²) in [6, 6.07) is 13.5. The number of likely N-dealkylation sites (tertiary alicyclic amines) is 1. The molecule has 3 aromatic rings. The van der Waals surface area contributed by atoms with Crippen molar-refractivity contribution < 1.29 is 43.3 Å². The molecule has 0 unspecified atom stereocenters. The number of fused-ring (bicyclic) bond motifs is 1. The lowest BCUT2D eigenvalue weighted by Crippen LogP contribution is -2.49. The molecular formula is C25H26N4O9. The molecule has 1 saturated heterocycles. The van der Waals surface area contributed by atoms with Crippen molar-refractivity contribution in [3.63, 3.8) is 0 Å². The van der Waals surface area contributed by atoms with Gasteiger partial charge in [0.2, 0.25) is 18.6 Å². The number of amides is 1. The standard InChI is InChI=1S/C23H24N4O5.C2H2O4/c1-29-18-5-3-2-4-16(18)9-21-25-23(32-26-21)17-11-27(12-17)13-22(28)24-10-15-6-7-19-20(8-15)31-14-30-19;3-1(4)2(5)6/h2-8,17H,9-14H2,1H3,(H,24,28);(H,3,4)(H,5,6). The van der Waals surface area contributed by atoms with Gasteiger partial charge in [0.15, 0.2) is 17.3 Å². The monoisotopic (exact) mass is 526 g/mol. The molecule has 3 heterocycles. The predicted molar refractivity (Wildman–Crippen MR) is 129 cm³/mol. The fraction of sp³-hybridized carbons (Fsp3) is 0.320. The summed E-state index contributed by atoms with van der Waals surface area (Å²) in [5.74, 6) is -0.0217. The number of carbonyl (C=O) groups excluding carboxylic acids is 1. The Hall–Kier alpha value is -4.65. The van der Waals surface area contributed by atoms with E-state index in [0.717, 1.165) is 22.6 Å². The first-order valence-corrected chi connectivity index (χ1v) is 11.6. The summed E-state index contributed by atoms with van der Waals surface area (Å²) in [6.45, 7) is 2.46. The number of hydrogen-bond acceptors (Lipinski definition) is 10. The number of para-hydroxylation sites is 1. The molecule has 0 atom stereocenters. The molecule has 0 bridgehead atoms. The Kier molecular flexibility index (Phi) is 8.38. The van der Waals surface area contributed by atoms with Crippen LogP contribution in [0.4, 0.5) is 0 Å². The van der Waals surface area contributed by atoms with Crippen LogP contribution in [0.5, 0.6) is 17.2 Å². The van der Waals surface area contributed by atoms with Crippen LogP contribution < -0.4 is 19.5 Å². The minimum Gasteiger partial charge on any atom is -0.496 e. The summed E-state index contributed by atoms with van der Waals surface area (Å²) in [5.41, 5.74) is 1.98. The SMILES string of the molecule is COc1ccccc1Cc1noc(C2CN(CC(=O)NCc3ccc4c(c3)OCO4)C2)n1.O=C(O)C(=O)O. The van der Waals surface area contributed by atoms with Crippen molar-refractivity contribution in [2.45, 2.75) is 18.9 Å². The zero-order valence-corrected chi connectivity index (χ0v) is 20.5. The normalized spacial score (nSPS) is 14.1. The van der Waals surface area contributed by atoms with Crippen LogP contribution in [0.25, 0.3) is 0 Å². The van der Waals surface area contributed by atoms with Crippen LogP contribution >= 0.6 is 0 Å². The lowest BCUT2D eigenvalue weighted by Gasteiger charge is -2.36. The molecule has 2 aliphatic heterocycles. The Morgan fingerprint density at radius 3 is 2.55 bits per heavy atom. The number of benzene rings is 2. The van der Waals surface area contributed by atoms with Gasteiger partial charge in [-0.1, -0.05) is 29.4 Å². The van der Waals surface area contributed by atoms with Gasteiger partial charge in [-0.25, -0.2) is 9.59 Å². The maximum Gasteiger partial charge on any atom is 0.414 e. The third-order valence-electron chi connectivity index (χ3n) is 5.81. The number of aromatic nitrogens is 2. The minimum absolute atomic E-state index is 0.0245. The molecule has 3 N–H and O–H groups in total. The molecule has 5 rings (SSSR count). The number of nitrogens with zero attached hydrogens (tertiary/aromatic N) is 3. The molecule has 13 heteroatoms. The van der Waals surface area contributed by atoms with Gasteiger partial charge in [-0.05, 0) is 23.8 Å². The van der Waals surface area contributed by atoms with Crippen LogP contribution in [0.1, 0.15) is 28.8 Å². The highest BCUT2D eigenvalue weighted by atomic mass is 16.7. The van der Waals surface area contributed by atoms with Gasteiger partial charge in [0.1, 0.15) is 5.75 Å². The second-order valence-electron chi connectivity index (χ2n) is 8.50. The van der Waals surface area contributed by atoms with E-state index in [-0.39, 0.29) is 18.6 Å². The number of methoxy groups -OCH3 is 1. The summed E-state index contributed by atoms with van der Waals surface area (Å²) in [5, 5.41) is 21.8. The molecule has 13 nitrogen and oxygen atoms in total. The van der Waals surface area contributed by atoms with Gasteiger partial charge in [0, 0.05) is 31.6 Å². The Balaban J connectivity index is 0.000000505. The van der Waals surface area contributed by atoms with Gasteiger partial charge in [-0.3, -0.25) is 9.69 Å². The van der Waals surface area contributed by atoms with E-state index in [2.05, 4.69) is 20.4 Å². The highest BCUT2D eigenvalue weighted by molar-refractivity contribution is 6.27. The summed E-state index contributed by atoms with van der Waals surface area (Å²) < 4.78 is 21.5. The zero-order chi connectivity index (χ0) is 27.1. The number of nitrogens with one attached hydrogen (secondary N) is 1. The minimum atomic E-state index is -1.82. The summed E-state index contributed by atoms with van der Waals surface area (Å²) >= 11 is 0. The van der Waals surface area contributed by atoms with Gasteiger partial charge >= 0.3 is 11.9 Å². The Bertz CT molecular complexity index is 1290. The van der Waals surface area contributed by atoms with Gasteiger partial charge in [-0.2, -0.15) is 4.98 Å². The molecule has 0 aliphatic carbocycles. The van der Waals surface area contributed by atoms with Gasteiger partial charge in [0.05, 0.1) is 19.6 Å². The number of carbonyl (C=O) groups is 3. The number of ether oxygens (including phenoxy) is 3. The predicted octanol–water partition coefficient (Wildman–Crippen LogP) is 1.27. The van der Waals surface area contributed by atoms with E-state index in [4.69, 9.17) is 38.5 Å². The van der Waals surface area contributed by atoms with Gasteiger partial charge in [-0.15, -0.1) is 0 Å². The average Bonchev–Trinajstić information content (AvgIpc) is 3.54. The van der Waals surface area contributed by atoms with E-state index < -0.39 is 11.9 Å². The quantitative estimate of drug-likeness (QED) is 0.359. The van der Waals surface area contributed by atoms with Crippen molar-refractivity contribution in [3.8, 4) is 17.2 Å². The average molecular weight is 527 g/mol. The molecule has 1 fully saturated rings. The van der Waals surface area contributed by atoms with E-state index in [0.29, 0.717) is 50.1 Å². The molecule has 1 amide bonds. The third kappa shape index (κ3) is 6.76. The lowest BCUT2D eigenvalue weighted by atomic mass is 10.0. The molecule has 1 aromatic heterocycles. The van der Waals surface area contributed by atoms with Crippen molar-refractivity contribution in [2.75, 3.05) is 33.5 Å². The first-order chi connectivity index (χ1) is 18.3. The number of aliphatic carboxylic acids is 2.